The number of piperazine rings is 1. The SMILES string of the molecule is O=S1(=O)CCC(C(CO)CN2CCNCC2)CC1. The molecule has 18 heavy (non-hydrogen) atoms. The van der Waals surface area contributed by atoms with Gasteiger partial charge in [0.15, 0.2) is 0 Å². The van der Waals surface area contributed by atoms with Crippen LogP contribution in [0.4, 0.5) is 0 Å². The van der Waals surface area contributed by atoms with Crippen molar-refractivity contribution in [3.8, 4) is 0 Å². The Morgan fingerprint density at radius 2 is 1.83 bits per heavy atom. The Bertz CT molecular complexity index is 338. The van der Waals surface area contributed by atoms with Crippen LogP contribution in [0.1, 0.15) is 12.8 Å². The molecule has 2 rings (SSSR count). The maximum Gasteiger partial charge on any atom is 0.150 e. The van der Waals surface area contributed by atoms with Crippen molar-refractivity contribution in [2.45, 2.75) is 12.8 Å². The van der Waals surface area contributed by atoms with Crippen molar-refractivity contribution in [3.63, 3.8) is 0 Å². The summed E-state index contributed by atoms with van der Waals surface area (Å²) in [7, 11) is -2.80. The molecular weight excluding hydrogens is 252 g/mol. The summed E-state index contributed by atoms with van der Waals surface area (Å²) < 4.78 is 22.8. The van der Waals surface area contributed by atoms with Crippen molar-refractivity contribution in [1.29, 1.82) is 0 Å². The van der Waals surface area contributed by atoms with Gasteiger partial charge in [-0.15, -0.1) is 0 Å². The number of hydrogen-bond acceptors (Lipinski definition) is 5. The second-order valence-electron chi connectivity index (χ2n) is 5.48. The summed E-state index contributed by atoms with van der Waals surface area (Å²) in [6.45, 7) is 5.16. The van der Waals surface area contributed by atoms with Gasteiger partial charge in [-0.25, -0.2) is 8.42 Å². The molecule has 0 aromatic carbocycles. The van der Waals surface area contributed by atoms with Gasteiger partial charge in [0, 0.05) is 39.3 Å². The highest BCUT2D eigenvalue weighted by molar-refractivity contribution is 7.91. The van der Waals surface area contributed by atoms with E-state index in [1.165, 1.54) is 0 Å². The van der Waals surface area contributed by atoms with Gasteiger partial charge in [-0.2, -0.15) is 0 Å². The van der Waals surface area contributed by atoms with E-state index in [2.05, 4.69) is 10.2 Å². The van der Waals surface area contributed by atoms with Gasteiger partial charge in [0.05, 0.1) is 11.5 Å². The molecule has 2 aliphatic rings. The summed E-state index contributed by atoms with van der Waals surface area (Å²) in [6.07, 6.45) is 1.44. The van der Waals surface area contributed by atoms with Gasteiger partial charge in [-0.1, -0.05) is 0 Å². The first kappa shape index (κ1) is 14.2. The second kappa shape index (κ2) is 6.32. The van der Waals surface area contributed by atoms with E-state index in [0.717, 1.165) is 45.6 Å². The van der Waals surface area contributed by atoms with Gasteiger partial charge < -0.3 is 15.3 Å². The Hall–Kier alpha value is -0.170. The van der Waals surface area contributed by atoms with Gasteiger partial charge >= 0.3 is 0 Å². The molecule has 2 heterocycles. The number of rotatable bonds is 4. The Balaban J connectivity index is 1.84. The zero-order chi connectivity index (χ0) is 13.0. The van der Waals surface area contributed by atoms with E-state index >= 15 is 0 Å². The van der Waals surface area contributed by atoms with E-state index in [0.29, 0.717) is 17.4 Å². The van der Waals surface area contributed by atoms with Crippen LogP contribution >= 0.6 is 0 Å². The Labute approximate surface area is 109 Å². The summed E-state index contributed by atoms with van der Waals surface area (Å²) >= 11 is 0. The van der Waals surface area contributed by atoms with Crippen molar-refractivity contribution in [2.75, 3.05) is 50.8 Å². The molecule has 106 valence electrons. The summed E-state index contributed by atoms with van der Waals surface area (Å²) in [5, 5.41) is 12.9. The Morgan fingerprint density at radius 3 is 2.39 bits per heavy atom. The number of nitrogens with one attached hydrogen (secondary N) is 1. The molecule has 1 unspecified atom stereocenters. The zero-order valence-corrected chi connectivity index (χ0v) is 11.7. The topological polar surface area (TPSA) is 69.6 Å². The molecule has 2 aliphatic heterocycles. The molecule has 0 spiro atoms. The number of nitrogens with zero attached hydrogens (tertiary/aromatic N) is 1. The van der Waals surface area contributed by atoms with Gasteiger partial charge in [-0.05, 0) is 24.7 Å². The molecule has 2 saturated heterocycles. The Morgan fingerprint density at radius 1 is 1.22 bits per heavy atom. The van der Waals surface area contributed by atoms with E-state index in [1.807, 2.05) is 0 Å². The summed E-state index contributed by atoms with van der Waals surface area (Å²) in [4.78, 5) is 2.38. The molecular formula is C12H24N2O3S. The highest BCUT2D eigenvalue weighted by Gasteiger charge is 2.30. The molecule has 2 N–H and O–H groups in total. The maximum atomic E-state index is 11.4. The third-order valence-corrected chi connectivity index (χ3v) is 5.92. The van der Waals surface area contributed by atoms with Crippen molar-refractivity contribution in [1.82, 2.24) is 10.2 Å². The smallest absolute Gasteiger partial charge is 0.150 e. The molecule has 2 fully saturated rings. The largest absolute Gasteiger partial charge is 0.396 e. The molecule has 0 aromatic rings. The molecule has 0 saturated carbocycles. The lowest BCUT2D eigenvalue weighted by atomic mass is 9.87. The summed E-state index contributed by atoms with van der Waals surface area (Å²) in [5.41, 5.74) is 0. The fraction of sp³-hybridized carbons (Fsp3) is 1.00. The highest BCUT2D eigenvalue weighted by Crippen LogP contribution is 2.26. The standard InChI is InChI=1S/C12H24N2O3S/c15-10-12(9-14-5-3-13-4-6-14)11-1-7-18(16,17)8-2-11/h11-13,15H,1-10H2. The van der Waals surface area contributed by atoms with Gasteiger partial charge in [0.1, 0.15) is 9.84 Å². The third-order valence-electron chi connectivity index (χ3n) is 4.20. The predicted molar refractivity (Wildman–Crippen MR) is 71.3 cm³/mol. The number of aliphatic hydroxyl groups is 1. The molecule has 0 radical (unpaired) electrons. The molecule has 0 aromatic heterocycles. The van der Waals surface area contributed by atoms with E-state index in [4.69, 9.17) is 0 Å². The average molecular weight is 276 g/mol. The second-order valence-corrected chi connectivity index (χ2v) is 7.79. The molecule has 0 bridgehead atoms. The minimum absolute atomic E-state index is 0.175. The Kier molecular flexibility index (Phi) is 5.00. The minimum Gasteiger partial charge on any atom is -0.396 e. The van der Waals surface area contributed by atoms with Gasteiger partial charge in [0.2, 0.25) is 0 Å². The van der Waals surface area contributed by atoms with Gasteiger partial charge in [0.25, 0.3) is 0 Å². The van der Waals surface area contributed by atoms with Gasteiger partial charge in [-0.3, -0.25) is 0 Å². The van der Waals surface area contributed by atoms with Crippen molar-refractivity contribution in [3.05, 3.63) is 0 Å². The molecule has 6 heteroatoms. The molecule has 1 atom stereocenters. The maximum absolute atomic E-state index is 11.4. The summed E-state index contributed by atoms with van der Waals surface area (Å²) in [5.74, 6) is 1.21. The molecule has 0 amide bonds. The lowest BCUT2D eigenvalue weighted by molar-refractivity contribution is 0.109. The molecule has 5 nitrogen and oxygen atoms in total. The summed E-state index contributed by atoms with van der Waals surface area (Å²) in [6, 6.07) is 0. The first-order valence-corrected chi connectivity index (χ1v) is 8.67. The van der Waals surface area contributed by atoms with Crippen LogP contribution < -0.4 is 5.32 Å². The van der Waals surface area contributed by atoms with Crippen molar-refractivity contribution in [2.24, 2.45) is 11.8 Å². The van der Waals surface area contributed by atoms with E-state index in [9.17, 15) is 13.5 Å². The first-order chi connectivity index (χ1) is 8.61. The third kappa shape index (κ3) is 3.91. The van der Waals surface area contributed by atoms with Crippen LogP contribution in [0.3, 0.4) is 0 Å². The minimum atomic E-state index is -2.80. The average Bonchev–Trinajstić information content (AvgIpc) is 2.38. The lowest BCUT2D eigenvalue weighted by Crippen LogP contribution is -2.47. The predicted octanol–water partition coefficient (Wildman–Crippen LogP) is -0.675. The van der Waals surface area contributed by atoms with Crippen molar-refractivity contribution >= 4 is 9.84 Å². The van der Waals surface area contributed by atoms with Crippen LogP contribution in [0.5, 0.6) is 0 Å². The van der Waals surface area contributed by atoms with Crippen LogP contribution in [0, 0.1) is 11.8 Å². The monoisotopic (exact) mass is 276 g/mol. The van der Waals surface area contributed by atoms with E-state index in [1.54, 1.807) is 0 Å². The van der Waals surface area contributed by atoms with Crippen molar-refractivity contribution < 1.29 is 13.5 Å². The number of hydrogen-bond donors (Lipinski definition) is 2. The van der Waals surface area contributed by atoms with E-state index < -0.39 is 9.84 Å². The van der Waals surface area contributed by atoms with Crippen LogP contribution in [0.15, 0.2) is 0 Å². The number of aliphatic hydroxyl groups excluding tert-OH is 1. The number of sulfone groups is 1. The van der Waals surface area contributed by atoms with Crippen LogP contribution in [-0.2, 0) is 9.84 Å². The molecule has 0 aliphatic carbocycles. The first-order valence-electron chi connectivity index (χ1n) is 6.85. The quantitative estimate of drug-likeness (QED) is 0.712. The fourth-order valence-corrected chi connectivity index (χ4v) is 4.49. The van der Waals surface area contributed by atoms with Crippen LogP contribution in [0.2, 0.25) is 0 Å². The lowest BCUT2D eigenvalue weighted by Gasteiger charge is -2.35. The highest BCUT2D eigenvalue weighted by atomic mass is 32.2. The fourth-order valence-electron chi connectivity index (χ4n) is 2.96. The van der Waals surface area contributed by atoms with E-state index in [-0.39, 0.29) is 12.5 Å². The zero-order valence-electron chi connectivity index (χ0n) is 10.8. The van der Waals surface area contributed by atoms with Crippen LogP contribution in [-0.4, -0.2) is 69.3 Å². The van der Waals surface area contributed by atoms with Crippen LogP contribution in [0.25, 0.3) is 0 Å². The normalized spacial score (nSPS) is 28.1.